The average Bonchev–Trinajstić information content (AvgIpc) is 3.11. The van der Waals surface area contributed by atoms with E-state index in [1.807, 2.05) is 0 Å². The van der Waals surface area contributed by atoms with E-state index in [0.717, 1.165) is 11.5 Å². The van der Waals surface area contributed by atoms with Gasteiger partial charge in [0, 0.05) is 53.5 Å². The van der Waals surface area contributed by atoms with Gasteiger partial charge in [-0.1, -0.05) is 178 Å². The van der Waals surface area contributed by atoms with Crippen molar-refractivity contribution in [3.63, 3.8) is 0 Å². The van der Waals surface area contributed by atoms with E-state index in [4.69, 9.17) is 16.3 Å². The predicted octanol–water partition coefficient (Wildman–Crippen LogP) is 9.04. The van der Waals surface area contributed by atoms with Gasteiger partial charge >= 0.3 is 0 Å². The number of halogens is 1. The Balaban J connectivity index is 0.000000822. The van der Waals surface area contributed by atoms with E-state index in [9.17, 15) is 0 Å². The molecule has 6 aromatic carbocycles. The Morgan fingerprint density at radius 1 is 0.532 bits per heavy atom. The van der Waals surface area contributed by atoms with Crippen molar-refractivity contribution in [1.82, 2.24) is 0 Å². The number of rotatable bonds is 7. The summed E-state index contributed by atoms with van der Waals surface area (Å²) in [4.78, 5) is 0. The Hall–Kier alpha value is -3.33. The van der Waals surface area contributed by atoms with Crippen LogP contribution in [0.3, 0.4) is 0 Å². The molecule has 238 valence electrons. The molecule has 6 aromatic rings. The summed E-state index contributed by atoms with van der Waals surface area (Å²) >= 11 is 5.07. The molecule has 47 heavy (non-hydrogen) atoms. The van der Waals surface area contributed by atoms with Crippen molar-refractivity contribution in [2.24, 2.45) is 0 Å². The van der Waals surface area contributed by atoms with Gasteiger partial charge in [-0.05, 0) is 37.1 Å². The Morgan fingerprint density at radius 3 is 1.11 bits per heavy atom. The number of hydrogen-bond acceptors (Lipinski definition) is 1. The molecule has 0 saturated carbocycles. The van der Waals surface area contributed by atoms with Crippen LogP contribution in [0.4, 0.5) is 0 Å². The predicted molar refractivity (Wildman–Crippen MR) is 203 cm³/mol. The van der Waals surface area contributed by atoms with Crippen LogP contribution in [0.2, 0.25) is 0 Å². The van der Waals surface area contributed by atoms with Crippen LogP contribution in [0.5, 0.6) is 11.5 Å². The number of benzene rings is 6. The molecule has 0 bridgehead atoms. The molecule has 0 spiro atoms. The first-order valence-corrected chi connectivity index (χ1v) is 18.7. The van der Waals surface area contributed by atoms with E-state index in [1.165, 1.54) is 43.0 Å². The molecule has 0 saturated heterocycles. The van der Waals surface area contributed by atoms with Crippen LogP contribution in [0.15, 0.2) is 170 Å². The number of alkyl halides is 1. The minimum absolute atomic E-state index is 0. The molecule has 1 aliphatic rings. The van der Waals surface area contributed by atoms with Gasteiger partial charge in [0.2, 0.25) is 0 Å². The molecular formula is C42H37ClOP2Pd. The first-order chi connectivity index (χ1) is 22.5. The number of ether oxygens (including phenoxy) is 1. The summed E-state index contributed by atoms with van der Waals surface area (Å²) in [6, 6.07) is 57.2. The van der Waals surface area contributed by atoms with E-state index in [0.29, 0.717) is 5.88 Å². The molecule has 0 fully saturated rings. The van der Waals surface area contributed by atoms with Crippen molar-refractivity contribution in [2.75, 3.05) is 5.88 Å². The third-order valence-electron chi connectivity index (χ3n) is 8.19. The van der Waals surface area contributed by atoms with E-state index in [2.05, 4.69) is 178 Å². The Kier molecular flexibility index (Phi) is 12.0. The second kappa shape index (κ2) is 16.2. The second-order valence-corrected chi connectivity index (χ2v) is 16.2. The number of para-hydroxylation sites is 2. The molecule has 0 aliphatic carbocycles. The average molecular weight is 697 g/mol. The van der Waals surface area contributed by atoms with E-state index < -0.39 is 15.8 Å². The van der Waals surface area contributed by atoms with Gasteiger partial charge in [-0.25, -0.2) is 0 Å². The normalized spacial score (nSPS) is 12.4. The summed E-state index contributed by atoms with van der Waals surface area (Å²) in [6.45, 7) is 8.04. The van der Waals surface area contributed by atoms with Gasteiger partial charge in [-0.2, -0.15) is 0 Å². The summed E-state index contributed by atoms with van der Waals surface area (Å²) in [5.41, 5.74) is 2.26. The Labute approximate surface area is 300 Å². The molecule has 0 amide bonds. The second-order valence-electron chi connectivity index (χ2n) is 11.5. The monoisotopic (exact) mass is 696 g/mol. The summed E-state index contributed by atoms with van der Waals surface area (Å²) in [5, 5.41) is 7.81. The molecule has 0 unspecified atom stereocenters. The molecule has 1 nitrogen and oxygen atoms in total. The van der Waals surface area contributed by atoms with Gasteiger partial charge < -0.3 is 4.74 Å². The number of hydrogen-bond donors (Lipinski definition) is 0. The molecule has 0 radical (unpaired) electrons. The van der Waals surface area contributed by atoms with Gasteiger partial charge in [0.05, 0.1) is 0 Å². The van der Waals surface area contributed by atoms with Crippen LogP contribution >= 0.6 is 27.4 Å². The van der Waals surface area contributed by atoms with Crippen LogP contribution in [-0.4, -0.2) is 5.88 Å². The molecule has 1 aliphatic heterocycles. The summed E-state index contributed by atoms with van der Waals surface area (Å²) in [6.07, 6.45) is 1.64. The molecule has 0 atom stereocenters. The van der Waals surface area contributed by atoms with Crippen molar-refractivity contribution in [3.05, 3.63) is 182 Å². The van der Waals surface area contributed by atoms with Crippen molar-refractivity contribution in [3.8, 4) is 11.5 Å². The molecule has 0 N–H and O–H groups in total. The smallest absolute Gasteiger partial charge is 0.139 e. The zero-order chi connectivity index (χ0) is 31.9. The maximum Gasteiger partial charge on any atom is 0.139 e. The van der Waals surface area contributed by atoms with Crippen LogP contribution in [-0.2, 0) is 25.8 Å². The Bertz CT molecular complexity index is 1680. The first kappa shape index (κ1) is 35.0. The topological polar surface area (TPSA) is 9.23 Å². The zero-order valence-corrected chi connectivity index (χ0v) is 30.6. The zero-order valence-electron chi connectivity index (χ0n) is 26.5. The van der Waals surface area contributed by atoms with Gasteiger partial charge in [0.15, 0.2) is 0 Å². The van der Waals surface area contributed by atoms with Crippen LogP contribution in [0, 0.1) is 0 Å². The molecule has 7 rings (SSSR count). The number of fused-ring (bicyclic) bond motifs is 2. The maximum absolute atomic E-state index is 7.26. The molecule has 0 aromatic heterocycles. The van der Waals surface area contributed by atoms with Crippen molar-refractivity contribution < 1.29 is 25.2 Å². The van der Waals surface area contributed by atoms with Crippen molar-refractivity contribution in [2.45, 2.75) is 19.3 Å². The van der Waals surface area contributed by atoms with Crippen LogP contribution < -0.4 is 36.6 Å². The molecular weight excluding hydrogens is 660 g/mol. The third kappa shape index (κ3) is 7.40. The third-order valence-corrected chi connectivity index (χ3v) is 13.3. The van der Waals surface area contributed by atoms with Gasteiger partial charge in [0.1, 0.15) is 11.5 Å². The summed E-state index contributed by atoms with van der Waals surface area (Å²) in [7, 11) is -1.65. The van der Waals surface area contributed by atoms with Crippen molar-refractivity contribution in [1.29, 1.82) is 0 Å². The van der Waals surface area contributed by atoms with Crippen molar-refractivity contribution >= 4 is 59.3 Å². The fourth-order valence-corrected chi connectivity index (χ4v) is 10.8. The molecule has 5 heteroatoms. The van der Waals surface area contributed by atoms with Gasteiger partial charge in [-0.15, -0.1) is 18.2 Å². The SMILES string of the molecule is C=CCCl.CC1(C)c2cccc(P(c3ccccc3)c3ccccc3)c2Oc2c(P(c3ccccc3)c3ccccc3)cccc21.[42Pd]. The Morgan fingerprint density at radius 2 is 0.830 bits per heavy atom. The maximum atomic E-state index is 7.26. The summed E-state index contributed by atoms with van der Waals surface area (Å²) < 4.78 is 7.26. The van der Waals surface area contributed by atoms with Gasteiger partial charge in [-0.3, -0.25) is 0 Å². The van der Waals surface area contributed by atoms with Gasteiger partial charge in [0.25, 0.3) is 0 Å². The summed E-state index contributed by atoms with van der Waals surface area (Å²) in [5.74, 6) is 2.58. The van der Waals surface area contributed by atoms with Crippen LogP contribution in [0.1, 0.15) is 25.0 Å². The number of allylic oxidation sites excluding steroid dienone is 1. The first-order valence-electron chi connectivity index (χ1n) is 15.5. The van der Waals surface area contributed by atoms with Crippen LogP contribution in [0.25, 0.3) is 0 Å². The quantitative estimate of drug-likeness (QED) is 0.0701. The minimum atomic E-state index is -0.824. The fourth-order valence-electron chi connectivity index (χ4n) is 6.01. The standard InChI is InChI=1S/C39H32OP2.C3H5Cl.Pd/c1-39(2)33-25-15-27-35(41(29-17-7-3-8-18-29)30-19-9-4-10-20-30)37(33)40-38-34(39)26-16-28-36(38)42(31-21-11-5-12-22-31)32-23-13-6-14-24-32;1-2-3-4;/h3-28H,1-2H3;2H,1,3H2;/i;;1-64. The van der Waals surface area contributed by atoms with E-state index in [1.54, 1.807) is 6.08 Å². The largest absolute Gasteiger partial charge is 0.455 e. The van der Waals surface area contributed by atoms with E-state index >= 15 is 0 Å². The minimum Gasteiger partial charge on any atom is -0.455 e. The molecule has 1 heterocycles. The van der Waals surface area contributed by atoms with E-state index in [-0.39, 0.29) is 25.8 Å². The fraction of sp³-hybridized carbons (Fsp3) is 0.0952.